The van der Waals surface area contributed by atoms with Crippen LogP contribution < -0.4 is 16.4 Å². The first-order chi connectivity index (χ1) is 13.4. The van der Waals surface area contributed by atoms with Crippen molar-refractivity contribution >= 4 is 29.1 Å². The molecule has 0 atom stereocenters. The lowest BCUT2D eigenvalue weighted by Crippen LogP contribution is -2.29. The number of halogens is 2. The Kier molecular flexibility index (Phi) is 6.58. The summed E-state index contributed by atoms with van der Waals surface area (Å²) in [6, 6.07) is 4.61. The number of anilines is 2. The van der Waals surface area contributed by atoms with Crippen molar-refractivity contribution in [1.82, 2.24) is 9.97 Å². The summed E-state index contributed by atoms with van der Waals surface area (Å²) < 4.78 is 13.9. The van der Waals surface area contributed by atoms with Crippen molar-refractivity contribution in [2.45, 2.75) is 38.3 Å². The average molecular weight is 409 g/mol. The normalized spacial score (nSPS) is 19.2. The van der Waals surface area contributed by atoms with Crippen molar-refractivity contribution in [2.24, 2.45) is 11.7 Å². The highest BCUT2D eigenvalue weighted by molar-refractivity contribution is 6.30. The van der Waals surface area contributed by atoms with Gasteiger partial charge >= 0.3 is 5.69 Å². The van der Waals surface area contributed by atoms with Gasteiger partial charge in [-0.15, -0.1) is 0 Å². The Hall–Kier alpha value is -2.52. The topological polar surface area (TPSA) is 119 Å². The third-order valence-corrected chi connectivity index (χ3v) is 5.10. The maximum atomic E-state index is 13.9. The Labute approximate surface area is 166 Å². The first-order valence-electron chi connectivity index (χ1n) is 9.11. The largest absolute Gasteiger partial charge is 0.364 e. The summed E-state index contributed by atoms with van der Waals surface area (Å²) in [5.74, 6) is 0.270. The van der Waals surface area contributed by atoms with Gasteiger partial charge in [0.05, 0.1) is 4.92 Å². The number of benzene rings is 1. The fraction of sp³-hybridized carbons (Fsp3) is 0.444. The quantitative estimate of drug-likeness (QED) is 0.471. The molecule has 1 saturated carbocycles. The monoisotopic (exact) mass is 408 g/mol. The molecule has 1 heterocycles. The second-order valence-corrected chi connectivity index (χ2v) is 7.37. The van der Waals surface area contributed by atoms with Crippen molar-refractivity contribution in [3.8, 4) is 0 Å². The third-order valence-electron chi connectivity index (χ3n) is 4.87. The van der Waals surface area contributed by atoms with E-state index in [4.69, 9.17) is 17.3 Å². The molecule has 4 N–H and O–H groups in total. The number of nitrogens with zero attached hydrogens (tertiary/aromatic N) is 3. The lowest BCUT2D eigenvalue weighted by Gasteiger charge is -2.26. The van der Waals surface area contributed by atoms with Crippen LogP contribution in [0.3, 0.4) is 0 Å². The van der Waals surface area contributed by atoms with E-state index in [0.717, 1.165) is 31.9 Å². The predicted molar refractivity (Wildman–Crippen MR) is 106 cm³/mol. The summed E-state index contributed by atoms with van der Waals surface area (Å²) in [6.07, 6.45) is 5.02. The highest BCUT2D eigenvalue weighted by Crippen LogP contribution is 2.26. The van der Waals surface area contributed by atoms with Crippen LogP contribution in [0.4, 0.5) is 21.8 Å². The summed E-state index contributed by atoms with van der Waals surface area (Å²) in [5.41, 5.74) is 6.11. The molecule has 8 nitrogen and oxygen atoms in total. The molecule has 1 aliphatic carbocycles. The fourth-order valence-corrected chi connectivity index (χ4v) is 3.36. The first kappa shape index (κ1) is 20.2. The van der Waals surface area contributed by atoms with Crippen LogP contribution in [-0.4, -0.2) is 27.5 Å². The number of nitrogens with two attached hydrogens (primary N) is 1. The number of hydrogen-bond donors (Lipinski definition) is 3. The zero-order valence-electron chi connectivity index (χ0n) is 15.2. The van der Waals surface area contributed by atoms with Crippen molar-refractivity contribution in [3.05, 3.63) is 50.9 Å². The Morgan fingerprint density at radius 1 is 1.29 bits per heavy atom. The van der Waals surface area contributed by atoms with Crippen LogP contribution in [0, 0.1) is 21.8 Å². The molecule has 1 aliphatic rings. The average Bonchev–Trinajstić information content (AvgIpc) is 2.67. The Balaban J connectivity index is 1.67. The van der Waals surface area contributed by atoms with Crippen molar-refractivity contribution in [3.63, 3.8) is 0 Å². The first-order valence-corrected chi connectivity index (χ1v) is 9.49. The van der Waals surface area contributed by atoms with E-state index in [-0.39, 0.29) is 30.0 Å². The molecule has 0 radical (unpaired) electrons. The molecule has 1 aromatic heterocycles. The van der Waals surface area contributed by atoms with Gasteiger partial charge in [-0.25, -0.2) is 9.37 Å². The van der Waals surface area contributed by atoms with Crippen molar-refractivity contribution in [2.75, 3.05) is 17.2 Å². The van der Waals surface area contributed by atoms with Crippen LogP contribution in [0.5, 0.6) is 0 Å². The molecule has 0 bridgehead atoms. The molecule has 0 amide bonds. The molecular formula is C18H22ClFN6O2. The zero-order valence-corrected chi connectivity index (χ0v) is 16.0. The van der Waals surface area contributed by atoms with E-state index < -0.39 is 10.7 Å². The Bertz CT molecular complexity index is 845. The highest BCUT2D eigenvalue weighted by Gasteiger charge is 2.21. The van der Waals surface area contributed by atoms with Crippen molar-refractivity contribution < 1.29 is 9.31 Å². The van der Waals surface area contributed by atoms with Crippen molar-refractivity contribution in [1.29, 1.82) is 0 Å². The van der Waals surface area contributed by atoms with E-state index in [1.165, 1.54) is 6.07 Å². The summed E-state index contributed by atoms with van der Waals surface area (Å²) in [5, 5.41) is 17.5. The lowest BCUT2D eigenvalue weighted by molar-refractivity contribution is -0.384. The fourth-order valence-electron chi connectivity index (χ4n) is 3.20. The van der Waals surface area contributed by atoms with Gasteiger partial charge in [0.25, 0.3) is 0 Å². The van der Waals surface area contributed by atoms with Crippen LogP contribution >= 0.6 is 11.6 Å². The molecule has 1 aromatic carbocycles. The minimum Gasteiger partial charge on any atom is -0.364 e. The highest BCUT2D eigenvalue weighted by atomic mass is 35.5. The molecule has 0 saturated heterocycles. The Morgan fingerprint density at radius 3 is 2.71 bits per heavy atom. The molecule has 28 heavy (non-hydrogen) atoms. The maximum Gasteiger partial charge on any atom is 0.329 e. The van der Waals surface area contributed by atoms with E-state index >= 15 is 0 Å². The van der Waals surface area contributed by atoms with Crippen LogP contribution in [0.1, 0.15) is 31.2 Å². The number of rotatable bonds is 7. The number of aromatic nitrogens is 2. The SMILES string of the molecule is N[C@H]1CC[C@H](CNc2nc(NCc3ccc(Cl)cc3F)ncc2[N+](=O)[O-])CC1. The second kappa shape index (κ2) is 9.11. The van der Waals surface area contributed by atoms with E-state index in [1.807, 2.05) is 0 Å². The van der Waals surface area contributed by atoms with Gasteiger partial charge in [0.15, 0.2) is 0 Å². The summed E-state index contributed by atoms with van der Waals surface area (Å²) >= 11 is 5.74. The maximum absolute atomic E-state index is 13.9. The summed E-state index contributed by atoms with van der Waals surface area (Å²) in [7, 11) is 0. The molecule has 0 spiro atoms. The van der Waals surface area contributed by atoms with Crippen LogP contribution in [0.25, 0.3) is 0 Å². The minimum absolute atomic E-state index is 0.126. The molecule has 10 heteroatoms. The molecule has 0 unspecified atom stereocenters. The molecule has 3 rings (SSSR count). The standard InChI is InChI=1S/C18H22ClFN6O2/c19-13-4-3-12(15(20)7-13)9-23-18-24-10-16(26(27)28)17(25-18)22-8-11-1-5-14(21)6-2-11/h3-4,7,10-11,14H,1-2,5-6,8-9,21H2,(H2,22,23,24,25)/t11-,14-. The second-order valence-electron chi connectivity index (χ2n) is 6.94. The summed E-state index contributed by atoms with van der Waals surface area (Å²) in [4.78, 5) is 18.9. The van der Waals surface area contributed by atoms with E-state index in [9.17, 15) is 14.5 Å². The van der Waals surface area contributed by atoms with Gasteiger partial charge in [-0.1, -0.05) is 17.7 Å². The van der Waals surface area contributed by atoms with Gasteiger partial charge in [0.1, 0.15) is 12.0 Å². The predicted octanol–water partition coefficient (Wildman–Crippen LogP) is 3.72. The van der Waals surface area contributed by atoms with Gasteiger partial charge in [-0.3, -0.25) is 10.1 Å². The van der Waals surface area contributed by atoms with Gasteiger partial charge in [-0.2, -0.15) is 4.98 Å². The van der Waals surface area contributed by atoms with Gasteiger partial charge in [0, 0.05) is 29.7 Å². The summed E-state index contributed by atoms with van der Waals surface area (Å²) in [6.45, 7) is 0.705. The van der Waals surface area contributed by atoms with Gasteiger partial charge in [-0.05, 0) is 43.7 Å². The minimum atomic E-state index is -0.526. The number of nitrogens with one attached hydrogen (secondary N) is 2. The van der Waals surface area contributed by atoms with Gasteiger partial charge in [0.2, 0.25) is 11.8 Å². The zero-order chi connectivity index (χ0) is 20.1. The number of nitro groups is 1. The smallest absolute Gasteiger partial charge is 0.329 e. The van der Waals surface area contributed by atoms with Crippen LogP contribution in [0.15, 0.2) is 24.4 Å². The third kappa shape index (κ3) is 5.26. The van der Waals surface area contributed by atoms with E-state index in [0.29, 0.717) is 23.0 Å². The van der Waals surface area contributed by atoms with Crippen LogP contribution in [0.2, 0.25) is 5.02 Å². The van der Waals surface area contributed by atoms with E-state index in [2.05, 4.69) is 20.6 Å². The molecular weight excluding hydrogens is 387 g/mol. The Morgan fingerprint density at radius 2 is 2.04 bits per heavy atom. The molecule has 2 aromatic rings. The molecule has 150 valence electrons. The van der Waals surface area contributed by atoms with E-state index in [1.54, 1.807) is 12.1 Å². The van der Waals surface area contributed by atoms with Crippen LogP contribution in [-0.2, 0) is 6.54 Å². The lowest BCUT2D eigenvalue weighted by atomic mass is 9.86. The molecule has 0 aliphatic heterocycles. The molecule has 1 fully saturated rings. The number of hydrogen-bond acceptors (Lipinski definition) is 7. The van der Waals surface area contributed by atoms with Gasteiger partial charge < -0.3 is 16.4 Å².